The molecule has 0 fully saturated rings. The zero-order chi connectivity index (χ0) is 26.5. The summed E-state index contributed by atoms with van der Waals surface area (Å²) >= 11 is 5.47. The van der Waals surface area contributed by atoms with Crippen LogP contribution >= 0.6 is 11.6 Å². The molecule has 188 valence electrons. The van der Waals surface area contributed by atoms with Crippen molar-refractivity contribution < 1.29 is 22.4 Å². The monoisotopic (exact) mass is 521 g/mol. The van der Waals surface area contributed by atoms with Gasteiger partial charge in [-0.25, -0.2) is 24.3 Å². The van der Waals surface area contributed by atoms with Gasteiger partial charge in [-0.15, -0.1) is 0 Å². The molecule has 13 heteroatoms. The Hall–Kier alpha value is -4.06. The van der Waals surface area contributed by atoms with E-state index in [1.165, 1.54) is 18.3 Å². The minimum absolute atomic E-state index is 0.0517. The molecule has 0 saturated heterocycles. The number of aryl methyl sites for hydroxylation is 1. The minimum atomic E-state index is -4.74. The predicted molar refractivity (Wildman–Crippen MR) is 130 cm³/mol. The molecule has 0 radical (unpaired) electrons. The van der Waals surface area contributed by atoms with Gasteiger partial charge in [0.1, 0.15) is 11.0 Å². The van der Waals surface area contributed by atoms with Crippen LogP contribution in [0.4, 0.5) is 29.1 Å². The van der Waals surface area contributed by atoms with E-state index in [-0.39, 0.29) is 17.2 Å². The third-order valence-electron chi connectivity index (χ3n) is 4.76. The number of halogens is 5. The zero-order valence-electron chi connectivity index (χ0n) is 19.1. The van der Waals surface area contributed by atoms with Crippen molar-refractivity contribution in [2.75, 3.05) is 10.6 Å². The lowest BCUT2D eigenvalue weighted by Gasteiger charge is -2.11. The molecule has 2 aromatic heterocycles. The number of imidazole rings is 1. The molecule has 0 unspecified atom stereocenters. The lowest BCUT2D eigenvalue weighted by Crippen LogP contribution is -2.16. The van der Waals surface area contributed by atoms with E-state index in [0.717, 1.165) is 6.20 Å². The summed E-state index contributed by atoms with van der Waals surface area (Å²) in [6.45, 7) is 5.15. The van der Waals surface area contributed by atoms with E-state index in [0.29, 0.717) is 23.0 Å². The summed E-state index contributed by atoms with van der Waals surface area (Å²) in [6.07, 6.45) is 0.626. The Labute approximate surface area is 208 Å². The van der Waals surface area contributed by atoms with Gasteiger partial charge in [-0.3, -0.25) is 4.79 Å². The van der Waals surface area contributed by atoms with Gasteiger partial charge < -0.3 is 15.2 Å². The maximum absolute atomic E-state index is 14.7. The van der Waals surface area contributed by atoms with Crippen LogP contribution < -0.4 is 10.6 Å². The molecule has 0 saturated carbocycles. The molecule has 3 aromatic rings. The number of aliphatic imine (C=N–C) groups is 2. The maximum Gasteiger partial charge on any atom is 0.419 e. The number of benzene rings is 1. The number of nitrogens with one attached hydrogen (secondary N) is 2. The molecule has 1 amide bonds. The SMILES string of the molecule is C=N/C(=N\C=C(/C)c1ccc(CC(=O)Nc2cnc(Cl)c(C(F)(F)F)c2)c(F)c1)Nc1cn(C)cn1. The summed E-state index contributed by atoms with van der Waals surface area (Å²) in [5.74, 6) is -0.684. The van der Waals surface area contributed by atoms with Crippen LogP contribution in [0.15, 0.2) is 59.2 Å². The summed E-state index contributed by atoms with van der Waals surface area (Å²) in [5, 5.41) is 4.42. The lowest BCUT2D eigenvalue weighted by atomic mass is 10.0. The van der Waals surface area contributed by atoms with Crippen LogP contribution in [-0.4, -0.2) is 33.1 Å². The smallest absolute Gasteiger partial charge is 0.338 e. The fourth-order valence-corrected chi connectivity index (χ4v) is 3.18. The van der Waals surface area contributed by atoms with Crippen LogP contribution in [0.5, 0.6) is 0 Å². The van der Waals surface area contributed by atoms with Gasteiger partial charge in [0.05, 0.1) is 30.2 Å². The molecular weight excluding hydrogens is 502 g/mol. The number of allylic oxidation sites excluding steroid dienone is 1. The normalized spacial score (nSPS) is 12.4. The average molecular weight is 522 g/mol. The van der Waals surface area contributed by atoms with Crippen molar-refractivity contribution >= 4 is 47.3 Å². The van der Waals surface area contributed by atoms with Crippen molar-refractivity contribution in [1.82, 2.24) is 14.5 Å². The number of carbonyl (C=O) groups excluding carboxylic acids is 1. The molecule has 0 aliphatic rings. The van der Waals surface area contributed by atoms with Crippen LogP contribution in [0.25, 0.3) is 5.57 Å². The number of rotatable bonds is 6. The van der Waals surface area contributed by atoms with Crippen LogP contribution in [0, 0.1) is 5.82 Å². The molecule has 0 spiro atoms. The van der Waals surface area contributed by atoms with Gasteiger partial charge in [-0.1, -0.05) is 23.7 Å². The largest absolute Gasteiger partial charge is 0.419 e. The van der Waals surface area contributed by atoms with Crippen molar-refractivity contribution in [1.29, 1.82) is 0 Å². The fraction of sp³-hybridized carbons (Fsp3) is 0.174. The van der Waals surface area contributed by atoms with Crippen LogP contribution in [-0.2, 0) is 24.4 Å². The summed E-state index contributed by atoms with van der Waals surface area (Å²) in [6, 6.07) is 4.89. The second kappa shape index (κ2) is 11.1. The summed E-state index contributed by atoms with van der Waals surface area (Å²) in [4.78, 5) is 27.8. The Morgan fingerprint density at radius 2 is 2.00 bits per heavy atom. The van der Waals surface area contributed by atoms with E-state index >= 15 is 0 Å². The van der Waals surface area contributed by atoms with Gasteiger partial charge >= 0.3 is 6.18 Å². The molecule has 0 aliphatic carbocycles. The first kappa shape index (κ1) is 26.5. The summed E-state index contributed by atoms with van der Waals surface area (Å²) in [5.41, 5.74) is -0.251. The van der Waals surface area contributed by atoms with E-state index in [2.05, 4.69) is 37.3 Å². The first-order valence-electron chi connectivity index (χ1n) is 10.2. The molecular formula is C23H20ClF4N7O. The first-order valence-corrected chi connectivity index (χ1v) is 10.6. The number of amides is 1. The Bertz CT molecular complexity index is 1350. The summed E-state index contributed by atoms with van der Waals surface area (Å²) < 4.78 is 55.3. The highest BCUT2D eigenvalue weighted by atomic mass is 35.5. The Balaban J connectivity index is 1.69. The Kier molecular flexibility index (Phi) is 8.20. The highest BCUT2D eigenvalue weighted by Gasteiger charge is 2.34. The standard InChI is InChI=1S/C23H20ClF4N7O/c1-13(9-31-22(29-2)34-19-11-35(3)12-32-19)14-4-5-15(18(25)6-14)7-20(36)33-16-8-17(23(26,27)28)21(24)30-10-16/h4-6,8-12H,2,7H2,1,3H3,(H,31,34)(H,33,36)/b13-9+. The third-order valence-corrected chi connectivity index (χ3v) is 5.06. The number of hydrogen-bond acceptors (Lipinski definition) is 4. The minimum Gasteiger partial charge on any atom is -0.338 e. The Morgan fingerprint density at radius 1 is 1.25 bits per heavy atom. The second-order valence-corrected chi connectivity index (χ2v) is 7.92. The van der Waals surface area contributed by atoms with Crippen molar-refractivity contribution in [3.63, 3.8) is 0 Å². The number of alkyl halides is 3. The van der Waals surface area contributed by atoms with Gasteiger partial charge in [-0.2, -0.15) is 13.2 Å². The van der Waals surface area contributed by atoms with Crippen LogP contribution in [0.2, 0.25) is 5.15 Å². The number of anilines is 2. The third kappa shape index (κ3) is 6.98. The lowest BCUT2D eigenvalue weighted by molar-refractivity contribution is -0.137. The molecule has 2 heterocycles. The van der Waals surface area contributed by atoms with Crippen LogP contribution in [0.1, 0.15) is 23.6 Å². The molecule has 3 rings (SSSR count). The van der Waals surface area contributed by atoms with Gasteiger partial charge in [0, 0.05) is 19.4 Å². The first-order chi connectivity index (χ1) is 17.0. The zero-order valence-corrected chi connectivity index (χ0v) is 19.8. The van der Waals surface area contributed by atoms with Crippen molar-refractivity contribution in [3.8, 4) is 0 Å². The molecule has 1 aromatic carbocycles. The number of pyridine rings is 1. The number of hydrogen-bond donors (Lipinski definition) is 2. The summed E-state index contributed by atoms with van der Waals surface area (Å²) in [7, 11) is 1.81. The highest BCUT2D eigenvalue weighted by molar-refractivity contribution is 6.30. The topological polar surface area (TPSA) is 96.6 Å². The molecule has 8 nitrogen and oxygen atoms in total. The van der Waals surface area contributed by atoms with Crippen molar-refractivity contribution in [2.45, 2.75) is 19.5 Å². The maximum atomic E-state index is 14.7. The van der Waals surface area contributed by atoms with E-state index in [1.807, 2.05) is 0 Å². The van der Waals surface area contributed by atoms with E-state index < -0.39 is 35.0 Å². The van der Waals surface area contributed by atoms with Crippen LogP contribution in [0.3, 0.4) is 0 Å². The highest BCUT2D eigenvalue weighted by Crippen LogP contribution is 2.35. The number of carbonyl (C=O) groups is 1. The van der Waals surface area contributed by atoms with Gasteiger partial charge in [0.2, 0.25) is 11.9 Å². The van der Waals surface area contributed by atoms with Gasteiger partial charge in [0.25, 0.3) is 0 Å². The quantitative estimate of drug-likeness (QED) is 0.198. The number of nitrogens with zero attached hydrogens (tertiary/aromatic N) is 5. The molecule has 0 bridgehead atoms. The average Bonchev–Trinajstić information content (AvgIpc) is 3.22. The van der Waals surface area contributed by atoms with E-state index in [9.17, 15) is 22.4 Å². The van der Waals surface area contributed by atoms with Crippen molar-refractivity contribution in [2.24, 2.45) is 17.0 Å². The fourth-order valence-electron chi connectivity index (χ4n) is 2.97. The van der Waals surface area contributed by atoms with E-state index in [4.69, 9.17) is 11.6 Å². The number of guanidine groups is 1. The molecule has 36 heavy (non-hydrogen) atoms. The molecule has 0 aliphatic heterocycles. The number of aromatic nitrogens is 3. The molecule has 0 atom stereocenters. The van der Waals surface area contributed by atoms with Gasteiger partial charge in [0.15, 0.2) is 5.82 Å². The van der Waals surface area contributed by atoms with E-state index in [1.54, 1.807) is 37.1 Å². The molecule has 2 N–H and O–H groups in total. The van der Waals surface area contributed by atoms with Crippen molar-refractivity contribution in [3.05, 3.63) is 76.8 Å². The second-order valence-electron chi connectivity index (χ2n) is 7.56. The predicted octanol–water partition coefficient (Wildman–Crippen LogP) is 5.34. The Morgan fingerprint density at radius 3 is 2.61 bits per heavy atom. The van der Waals surface area contributed by atoms with Gasteiger partial charge in [-0.05, 0) is 42.5 Å².